The van der Waals surface area contributed by atoms with Gasteiger partial charge in [0.05, 0.1) is 15.3 Å². The summed E-state index contributed by atoms with van der Waals surface area (Å²) in [6.45, 7) is 1.57. The van der Waals surface area contributed by atoms with Gasteiger partial charge in [-0.3, -0.25) is 13.9 Å². The average molecular weight is 577 g/mol. The van der Waals surface area contributed by atoms with E-state index in [-0.39, 0.29) is 33.1 Å². The lowest BCUT2D eigenvalue weighted by molar-refractivity contribution is -0.137. The summed E-state index contributed by atoms with van der Waals surface area (Å²) < 4.78 is 56.4. The van der Waals surface area contributed by atoms with Crippen molar-refractivity contribution in [1.29, 1.82) is 0 Å². The largest absolute Gasteiger partial charge is 0.480 e. The molecule has 1 N–H and O–H groups in total. The van der Waals surface area contributed by atoms with Crippen LogP contribution in [0.2, 0.25) is 0 Å². The number of nitrogens with zero attached hydrogens (tertiary/aromatic N) is 4. The lowest BCUT2D eigenvalue weighted by Gasteiger charge is -2.31. The zero-order valence-corrected chi connectivity index (χ0v) is 22.7. The summed E-state index contributed by atoms with van der Waals surface area (Å²) in [5.74, 6) is -1.15. The van der Waals surface area contributed by atoms with Crippen LogP contribution >= 0.6 is 11.3 Å². The van der Waals surface area contributed by atoms with E-state index in [1.165, 1.54) is 45.4 Å². The molecule has 1 aromatic carbocycles. The van der Waals surface area contributed by atoms with Crippen molar-refractivity contribution >= 4 is 48.3 Å². The highest BCUT2D eigenvalue weighted by Crippen LogP contribution is 2.31. The second-order valence-corrected chi connectivity index (χ2v) is 14.4. The first kappa shape index (κ1) is 26.3. The lowest BCUT2D eigenvalue weighted by Crippen LogP contribution is -2.41. The molecule has 1 aliphatic heterocycles. The van der Waals surface area contributed by atoms with Gasteiger partial charge in [0.25, 0.3) is 0 Å². The Balaban J connectivity index is 1.36. The summed E-state index contributed by atoms with van der Waals surface area (Å²) in [6.07, 6.45) is 2.17. The monoisotopic (exact) mass is 576 g/mol. The Labute approximate surface area is 222 Å². The van der Waals surface area contributed by atoms with Crippen molar-refractivity contribution in [2.75, 3.05) is 13.1 Å². The predicted molar refractivity (Wildman–Crippen MR) is 140 cm³/mol. The second-order valence-electron chi connectivity index (χ2n) is 8.95. The summed E-state index contributed by atoms with van der Waals surface area (Å²) in [5.41, 5.74) is 0.264. The molecule has 1 saturated heterocycles. The zero-order chi connectivity index (χ0) is 27.2. The summed E-state index contributed by atoms with van der Waals surface area (Å²) in [6, 6.07) is 11.3. The molecule has 0 atom stereocenters. The minimum atomic E-state index is -3.90. The van der Waals surface area contributed by atoms with Gasteiger partial charge in [-0.05, 0) is 68.3 Å². The quantitative estimate of drug-likeness (QED) is 0.353. The molecule has 0 spiro atoms. The van der Waals surface area contributed by atoms with Crippen LogP contribution < -0.4 is 5.69 Å². The third-order valence-corrected chi connectivity index (χ3v) is 11.7. The molecule has 3 aromatic heterocycles. The van der Waals surface area contributed by atoms with Crippen molar-refractivity contribution in [3.8, 4) is 0 Å². The minimum Gasteiger partial charge on any atom is -0.480 e. The first-order valence-electron chi connectivity index (χ1n) is 11.7. The van der Waals surface area contributed by atoms with E-state index in [1.54, 1.807) is 18.2 Å². The number of aryl methyl sites for hydroxylation is 1. The third kappa shape index (κ3) is 4.57. The molecule has 200 valence electrons. The summed E-state index contributed by atoms with van der Waals surface area (Å²) in [7, 11) is -7.64. The summed E-state index contributed by atoms with van der Waals surface area (Å²) in [4.78, 5) is 29.5. The summed E-state index contributed by atoms with van der Waals surface area (Å²) in [5, 5.41) is 9.23. The Hall–Kier alpha value is -3.33. The molecule has 0 radical (unpaired) electrons. The van der Waals surface area contributed by atoms with Crippen LogP contribution in [-0.4, -0.2) is 59.4 Å². The van der Waals surface area contributed by atoms with Gasteiger partial charge in [-0.15, -0.1) is 11.3 Å². The van der Waals surface area contributed by atoms with Gasteiger partial charge in [-0.1, -0.05) is 0 Å². The smallest absolute Gasteiger partial charge is 0.331 e. The molecule has 0 bridgehead atoms. The van der Waals surface area contributed by atoms with E-state index >= 15 is 0 Å². The topological polar surface area (TPSA) is 149 Å². The van der Waals surface area contributed by atoms with Gasteiger partial charge < -0.3 is 5.11 Å². The van der Waals surface area contributed by atoms with Crippen molar-refractivity contribution in [2.24, 2.45) is 0 Å². The van der Waals surface area contributed by atoms with E-state index in [2.05, 4.69) is 4.98 Å². The van der Waals surface area contributed by atoms with E-state index in [9.17, 15) is 31.5 Å². The number of aromatic nitrogens is 3. The van der Waals surface area contributed by atoms with Crippen molar-refractivity contribution in [2.45, 2.75) is 46.4 Å². The van der Waals surface area contributed by atoms with Gasteiger partial charge in [-0.25, -0.2) is 26.6 Å². The number of hydrogen-bond acceptors (Lipinski definition) is 8. The number of thiophene rings is 1. The molecule has 5 rings (SSSR count). The first-order chi connectivity index (χ1) is 18.0. The van der Waals surface area contributed by atoms with Crippen LogP contribution in [0.4, 0.5) is 0 Å². The van der Waals surface area contributed by atoms with Gasteiger partial charge in [0.1, 0.15) is 10.8 Å². The molecule has 0 unspecified atom stereocenters. The number of carboxylic acid groups (broad SMARTS) is 1. The standard InChI is InChI=1S/C24H24N4O7S3/c1-16-4-9-22(36-16)37(32,33)18-5-7-19(8-6-18)38(34,35)26-13-10-17(11-14-26)28-23-20(3-2-12-25-23)27(24(28)31)15-21(29)30/h2-9,12,17H,10-11,13-15H2,1H3,(H,29,30). The maximum absolute atomic E-state index is 13.3. The van der Waals surface area contributed by atoms with Gasteiger partial charge >= 0.3 is 11.7 Å². The molecular weight excluding hydrogens is 552 g/mol. The molecule has 1 fully saturated rings. The van der Waals surface area contributed by atoms with Gasteiger partial charge in [-0.2, -0.15) is 4.31 Å². The summed E-state index contributed by atoms with van der Waals surface area (Å²) >= 11 is 1.15. The molecule has 4 heterocycles. The van der Waals surface area contributed by atoms with E-state index in [0.717, 1.165) is 20.8 Å². The molecule has 0 saturated carbocycles. The fourth-order valence-corrected chi connectivity index (χ4v) is 8.83. The number of fused-ring (bicyclic) bond motifs is 1. The number of aliphatic carboxylic acids is 1. The SMILES string of the molecule is Cc1ccc(S(=O)(=O)c2ccc(S(=O)(=O)N3CCC(n4c(=O)n(CC(=O)O)c5cccnc54)CC3)cc2)s1. The van der Waals surface area contributed by atoms with Crippen LogP contribution in [0.25, 0.3) is 11.2 Å². The third-order valence-electron chi connectivity index (χ3n) is 6.56. The Kier molecular flexibility index (Phi) is 6.75. The van der Waals surface area contributed by atoms with E-state index < -0.39 is 38.1 Å². The molecule has 38 heavy (non-hydrogen) atoms. The molecule has 0 aliphatic carbocycles. The fraction of sp³-hybridized carbons (Fsp3) is 0.292. The van der Waals surface area contributed by atoms with Crippen LogP contribution in [0, 0.1) is 6.92 Å². The average Bonchev–Trinajstić information content (AvgIpc) is 3.45. The first-order valence-corrected chi connectivity index (χ1v) is 15.4. The van der Waals surface area contributed by atoms with E-state index in [4.69, 9.17) is 0 Å². The number of rotatable bonds is 7. The predicted octanol–water partition coefficient (Wildman–Crippen LogP) is 2.51. The normalized spacial score (nSPS) is 15.7. The maximum Gasteiger partial charge on any atom is 0.331 e. The van der Waals surface area contributed by atoms with Crippen molar-refractivity contribution in [1.82, 2.24) is 18.4 Å². The lowest BCUT2D eigenvalue weighted by atomic mass is 10.1. The number of benzene rings is 1. The van der Waals surface area contributed by atoms with Gasteiger partial charge in [0, 0.05) is 30.2 Å². The highest BCUT2D eigenvalue weighted by Gasteiger charge is 2.32. The van der Waals surface area contributed by atoms with Crippen molar-refractivity contribution < 1.29 is 26.7 Å². The molecule has 0 amide bonds. The highest BCUT2D eigenvalue weighted by atomic mass is 32.2. The van der Waals surface area contributed by atoms with E-state index in [0.29, 0.717) is 24.0 Å². The Morgan fingerprint density at radius 2 is 1.68 bits per heavy atom. The van der Waals surface area contributed by atoms with E-state index in [1.807, 2.05) is 6.92 Å². The fourth-order valence-electron chi connectivity index (χ4n) is 4.68. The molecular formula is C24H24N4O7S3. The molecule has 1 aliphatic rings. The van der Waals surface area contributed by atoms with Crippen LogP contribution in [0.5, 0.6) is 0 Å². The van der Waals surface area contributed by atoms with Gasteiger partial charge in [0.15, 0.2) is 5.65 Å². The number of hydrogen-bond donors (Lipinski definition) is 1. The number of sulfone groups is 1. The Morgan fingerprint density at radius 1 is 1.03 bits per heavy atom. The number of imidazole rings is 1. The van der Waals surface area contributed by atoms with Crippen LogP contribution in [0.15, 0.2) is 73.5 Å². The highest BCUT2D eigenvalue weighted by molar-refractivity contribution is 7.93. The Bertz CT molecular complexity index is 1800. The number of sulfonamides is 1. The zero-order valence-electron chi connectivity index (χ0n) is 20.2. The van der Waals surface area contributed by atoms with Gasteiger partial charge in [0.2, 0.25) is 19.9 Å². The van der Waals surface area contributed by atoms with Crippen LogP contribution in [0.1, 0.15) is 23.8 Å². The van der Waals surface area contributed by atoms with Crippen molar-refractivity contribution in [3.05, 3.63) is 70.1 Å². The van der Waals surface area contributed by atoms with Crippen LogP contribution in [-0.2, 0) is 31.2 Å². The number of carboxylic acids is 1. The Morgan fingerprint density at radius 3 is 2.29 bits per heavy atom. The minimum absolute atomic E-state index is 0.0154. The molecule has 4 aromatic rings. The number of piperidine rings is 1. The number of pyridine rings is 1. The second kappa shape index (κ2) is 9.76. The maximum atomic E-state index is 13.3. The van der Waals surface area contributed by atoms with Crippen molar-refractivity contribution in [3.63, 3.8) is 0 Å². The molecule has 14 heteroatoms. The number of carbonyl (C=O) groups is 1. The van der Waals surface area contributed by atoms with Crippen LogP contribution in [0.3, 0.4) is 0 Å². The molecule has 11 nitrogen and oxygen atoms in total.